The molecule has 6 rings (SSSR count). The molecule has 8 unspecified atom stereocenters. The lowest BCUT2D eigenvalue weighted by molar-refractivity contribution is 0.245. The molecule has 1 aliphatic heterocycles. The van der Waals surface area contributed by atoms with Gasteiger partial charge >= 0.3 is 7.80 Å². The molecular formula is C38H61OP2+. The second kappa shape index (κ2) is 13.8. The Kier molecular flexibility index (Phi) is 10.4. The lowest BCUT2D eigenvalue weighted by Gasteiger charge is -2.47. The van der Waals surface area contributed by atoms with Crippen molar-refractivity contribution in [3.63, 3.8) is 0 Å². The average Bonchev–Trinajstić information content (AvgIpc) is 3.69. The van der Waals surface area contributed by atoms with Crippen molar-refractivity contribution in [2.24, 2.45) is 23.7 Å². The van der Waals surface area contributed by atoms with E-state index >= 15 is 4.57 Å². The first kappa shape index (κ1) is 30.8. The fourth-order valence-corrected chi connectivity index (χ4v) is 19.0. The molecule has 0 radical (unpaired) electrons. The summed E-state index contributed by atoms with van der Waals surface area (Å²) in [7, 11) is -1.44. The molecular weight excluding hydrogens is 534 g/mol. The van der Waals surface area contributed by atoms with Gasteiger partial charge in [-0.2, -0.15) is 0 Å². The van der Waals surface area contributed by atoms with E-state index in [0.29, 0.717) is 17.8 Å². The SMILES string of the molecule is CCC1CCCC(C)C2CCC(C2)c2ccccc2[P+](=O)C12CCCC2C(C)P(C1CCCCC1)C1CCCCC1. The van der Waals surface area contributed by atoms with Crippen LogP contribution in [0.15, 0.2) is 24.3 Å². The molecule has 1 aromatic carbocycles. The van der Waals surface area contributed by atoms with E-state index in [-0.39, 0.29) is 13.1 Å². The van der Waals surface area contributed by atoms with Crippen LogP contribution >= 0.6 is 15.7 Å². The van der Waals surface area contributed by atoms with Crippen LogP contribution in [0.3, 0.4) is 0 Å². The summed E-state index contributed by atoms with van der Waals surface area (Å²) in [6.07, 6.45) is 28.0. The molecule has 1 nitrogen and oxygen atoms in total. The largest absolute Gasteiger partial charge is 0.384 e. The van der Waals surface area contributed by atoms with E-state index in [1.54, 1.807) is 0 Å². The summed E-state index contributed by atoms with van der Waals surface area (Å²) in [6.45, 7) is 7.75. The third-order valence-corrected chi connectivity index (χ3v) is 20.0. The van der Waals surface area contributed by atoms with E-state index < -0.39 is 7.80 Å². The molecule has 228 valence electrons. The van der Waals surface area contributed by atoms with E-state index in [0.717, 1.165) is 28.8 Å². The van der Waals surface area contributed by atoms with Crippen LogP contribution in [0.5, 0.6) is 0 Å². The van der Waals surface area contributed by atoms with E-state index in [1.807, 2.05) is 0 Å². The van der Waals surface area contributed by atoms with E-state index in [9.17, 15) is 0 Å². The Bertz CT molecular complexity index is 991. The van der Waals surface area contributed by atoms with Gasteiger partial charge in [-0.15, -0.1) is 0 Å². The van der Waals surface area contributed by atoms with Crippen molar-refractivity contribution in [2.45, 2.75) is 177 Å². The highest BCUT2D eigenvalue weighted by Gasteiger charge is 2.64. The summed E-state index contributed by atoms with van der Waals surface area (Å²) in [6, 6.07) is 9.24. The number of hydrogen-bond acceptors (Lipinski definition) is 1. The zero-order valence-corrected chi connectivity index (χ0v) is 28.7. The molecule has 8 atom stereocenters. The van der Waals surface area contributed by atoms with Crippen LogP contribution in [0, 0.1) is 23.7 Å². The lowest BCUT2D eigenvalue weighted by atomic mass is 9.76. The van der Waals surface area contributed by atoms with Crippen LogP contribution in [0.25, 0.3) is 0 Å². The highest BCUT2D eigenvalue weighted by Crippen LogP contribution is 2.68. The molecule has 4 aliphatic carbocycles. The summed E-state index contributed by atoms with van der Waals surface area (Å²) in [5, 5.41) is 1.32. The Morgan fingerprint density at radius 3 is 2.20 bits per heavy atom. The summed E-state index contributed by atoms with van der Waals surface area (Å²) < 4.78 is 15.6. The molecule has 0 aromatic heterocycles. The van der Waals surface area contributed by atoms with Crippen LogP contribution in [0.1, 0.15) is 161 Å². The van der Waals surface area contributed by atoms with Crippen molar-refractivity contribution in [2.75, 3.05) is 0 Å². The monoisotopic (exact) mass is 595 g/mol. The fraction of sp³-hybridized carbons (Fsp3) is 0.842. The van der Waals surface area contributed by atoms with Crippen molar-refractivity contribution in [3.8, 4) is 0 Å². The van der Waals surface area contributed by atoms with Gasteiger partial charge in [-0.25, -0.2) is 0 Å². The molecule has 3 heteroatoms. The Morgan fingerprint density at radius 1 is 0.829 bits per heavy atom. The Balaban J connectivity index is 1.42. The van der Waals surface area contributed by atoms with Gasteiger partial charge < -0.3 is 0 Å². The average molecular weight is 596 g/mol. The van der Waals surface area contributed by atoms with Crippen molar-refractivity contribution < 1.29 is 4.57 Å². The minimum Gasteiger partial charge on any atom is -0.0970 e. The first-order chi connectivity index (χ1) is 20.0. The van der Waals surface area contributed by atoms with Gasteiger partial charge in [-0.1, -0.05) is 103 Å². The number of rotatable bonds is 5. The molecule has 0 saturated heterocycles. The molecule has 4 saturated carbocycles. The minimum atomic E-state index is -1.43. The van der Waals surface area contributed by atoms with E-state index in [4.69, 9.17) is 0 Å². The number of hydrogen-bond donors (Lipinski definition) is 0. The quantitative estimate of drug-likeness (QED) is 0.310. The van der Waals surface area contributed by atoms with Gasteiger partial charge in [0.05, 0.1) is 0 Å². The topological polar surface area (TPSA) is 17.1 Å². The van der Waals surface area contributed by atoms with Crippen LogP contribution in [-0.4, -0.2) is 22.1 Å². The number of fused-ring (bicyclic) bond motifs is 4. The van der Waals surface area contributed by atoms with Crippen molar-refractivity contribution in [1.29, 1.82) is 0 Å². The summed E-state index contributed by atoms with van der Waals surface area (Å²) >= 11 is 0. The molecule has 2 bridgehead atoms. The molecule has 5 aliphatic rings. The molecule has 1 spiro atoms. The van der Waals surface area contributed by atoms with E-state index in [2.05, 4.69) is 45.0 Å². The first-order valence-electron chi connectivity index (χ1n) is 18.4. The standard InChI is InChI=1S/C38H61OP2/c1-4-32-16-13-15-28(2)30-24-25-31(27-30)35-21-11-12-23-37(35)41(39)38(32)26-14-22-36(38)29(3)40(33-17-7-5-8-18-33)34-19-9-6-10-20-34/h11-12,21,23,28-34,36H,4-10,13-20,22,24-27H2,1-3H3/q+1. The zero-order chi connectivity index (χ0) is 28.4. The third kappa shape index (κ3) is 6.05. The van der Waals surface area contributed by atoms with Crippen LogP contribution in [-0.2, 0) is 4.57 Å². The van der Waals surface area contributed by atoms with E-state index in [1.165, 1.54) is 139 Å². The minimum absolute atomic E-state index is 0.00819. The Labute approximate surface area is 255 Å². The first-order valence-corrected chi connectivity index (χ1v) is 21.2. The smallest absolute Gasteiger partial charge is 0.0970 e. The van der Waals surface area contributed by atoms with Gasteiger partial charge in [0.15, 0.2) is 10.5 Å². The molecule has 4 fully saturated rings. The molecule has 1 heterocycles. The summed E-state index contributed by atoms with van der Waals surface area (Å²) in [5.41, 5.74) is 4.25. The molecule has 1 aromatic rings. The highest BCUT2D eigenvalue weighted by molar-refractivity contribution is 7.60. The predicted molar refractivity (Wildman–Crippen MR) is 181 cm³/mol. The maximum Gasteiger partial charge on any atom is 0.384 e. The molecule has 41 heavy (non-hydrogen) atoms. The maximum atomic E-state index is 15.6. The van der Waals surface area contributed by atoms with Crippen molar-refractivity contribution in [1.82, 2.24) is 0 Å². The van der Waals surface area contributed by atoms with Gasteiger partial charge in [0.1, 0.15) is 0 Å². The van der Waals surface area contributed by atoms with Gasteiger partial charge in [0.2, 0.25) is 0 Å². The summed E-state index contributed by atoms with van der Waals surface area (Å²) in [4.78, 5) is 0. The predicted octanol–water partition coefficient (Wildman–Crippen LogP) is 11.9. The van der Waals surface area contributed by atoms with Crippen molar-refractivity contribution in [3.05, 3.63) is 29.8 Å². The summed E-state index contributed by atoms with van der Waals surface area (Å²) in [5.74, 6) is 3.63. The molecule has 0 amide bonds. The van der Waals surface area contributed by atoms with Crippen LogP contribution < -0.4 is 5.30 Å². The highest BCUT2D eigenvalue weighted by atomic mass is 31.1. The fourth-order valence-electron chi connectivity index (χ4n) is 11.3. The van der Waals surface area contributed by atoms with Gasteiger partial charge in [0.25, 0.3) is 0 Å². The Morgan fingerprint density at radius 2 is 1.51 bits per heavy atom. The van der Waals surface area contributed by atoms with Crippen molar-refractivity contribution >= 4 is 21.0 Å². The van der Waals surface area contributed by atoms with Crippen LogP contribution in [0.2, 0.25) is 0 Å². The second-order valence-corrected chi connectivity index (χ2v) is 20.5. The third-order valence-electron chi connectivity index (χ3n) is 13.4. The zero-order valence-electron chi connectivity index (χ0n) is 26.9. The Hall–Kier alpha value is -0.250. The van der Waals surface area contributed by atoms with Gasteiger partial charge in [0, 0.05) is 17.4 Å². The van der Waals surface area contributed by atoms with Gasteiger partial charge in [-0.05, 0) is 118 Å². The number of benzene rings is 1. The molecule has 0 N–H and O–H groups in total. The van der Waals surface area contributed by atoms with Gasteiger partial charge in [-0.3, -0.25) is 0 Å². The maximum absolute atomic E-state index is 15.6. The second-order valence-electron chi connectivity index (χ2n) is 15.4. The van der Waals surface area contributed by atoms with Crippen LogP contribution in [0.4, 0.5) is 0 Å². The lowest BCUT2D eigenvalue weighted by Crippen LogP contribution is -2.45. The normalized spacial score (nSPS) is 37.6.